The third kappa shape index (κ3) is 1.95. The van der Waals surface area contributed by atoms with Crippen LogP contribution in [0.1, 0.15) is 53.9 Å². The Morgan fingerprint density at radius 1 is 1.00 bits per heavy atom. The number of hydrogen-bond acceptors (Lipinski definition) is 1. The molecule has 0 saturated heterocycles. The molecule has 1 unspecified atom stereocenters. The molecule has 106 valence electrons. The number of Topliss-reactive ketones (excluding diaryl/α,β-unsaturated/α-hetero) is 1. The average molecular weight is 276 g/mol. The molecule has 0 radical (unpaired) electrons. The summed E-state index contributed by atoms with van der Waals surface area (Å²) >= 11 is 0. The van der Waals surface area contributed by atoms with Crippen molar-refractivity contribution in [1.29, 1.82) is 0 Å². The van der Waals surface area contributed by atoms with Gasteiger partial charge in [-0.1, -0.05) is 42.8 Å². The topological polar surface area (TPSA) is 17.1 Å². The van der Waals surface area contributed by atoms with Gasteiger partial charge >= 0.3 is 0 Å². The highest BCUT2D eigenvalue weighted by Crippen LogP contribution is 2.43. The number of carbonyl (C=O) groups is 1. The Kier molecular flexibility index (Phi) is 2.95. The minimum atomic E-state index is 0.142. The van der Waals surface area contributed by atoms with Crippen molar-refractivity contribution >= 4 is 5.78 Å². The van der Waals surface area contributed by atoms with E-state index < -0.39 is 0 Å². The summed E-state index contributed by atoms with van der Waals surface area (Å²) in [4.78, 5) is 12.4. The van der Waals surface area contributed by atoms with Crippen molar-refractivity contribution in [3.8, 4) is 11.1 Å². The van der Waals surface area contributed by atoms with E-state index in [-0.39, 0.29) is 5.92 Å². The summed E-state index contributed by atoms with van der Waals surface area (Å²) in [5.41, 5.74) is 8.16. The van der Waals surface area contributed by atoms with Crippen LogP contribution < -0.4 is 0 Å². The number of fused-ring (bicyclic) bond motifs is 3. The van der Waals surface area contributed by atoms with Gasteiger partial charge in [0.2, 0.25) is 0 Å². The molecule has 21 heavy (non-hydrogen) atoms. The first-order valence-electron chi connectivity index (χ1n) is 7.99. The highest BCUT2D eigenvalue weighted by molar-refractivity contribution is 5.89. The standard InChI is InChI=1S/C20H20O/c1-13-10-11-16-15-7-3-2-6-14(15)12-18(16)20(13)17-8-4-5-9-19(17)21/h2-3,6-7,10-11,17H,4-5,8-9,12H2,1H3. The summed E-state index contributed by atoms with van der Waals surface area (Å²) in [5, 5.41) is 0. The molecule has 1 nitrogen and oxygen atoms in total. The fourth-order valence-corrected chi connectivity index (χ4v) is 4.13. The molecule has 0 spiro atoms. The first-order chi connectivity index (χ1) is 10.3. The Morgan fingerprint density at radius 2 is 1.86 bits per heavy atom. The number of rotatable bonds is 1. The van der Waals surface area contributed by atoms with E-state index in [1.807, 2.05) is 0 Å². The van der Waals surface area contributed by atoms with Crippen LogP contribution in [0, 0.1) is 6.92 Å². The lowest BCUT2D eigenvalue weighted by Crippen LogP contribution is -2.19. The summed E-state index contributed by atoms with van der Waals surface area (Å²) in [6.07, 6.45) is 5.05. The molecule has 1 atom stereocenters. The van der Waals surface area contributed by atoms with Gasteiger partial charge in [0, 0.05) is 12.3 Å². The minimum Gasteiger partial charge on any atom is -0.299 e. The fraction of sp³-hybridized carbons (Fsp3) is 0.350. The van der Waals surface area contributed by atoms with Gasteiger partial charge < -0.3 is 0 Å². The number of hydrogen-bond donors (Lipinski definition) is 0. The van der Waals surface area contributed by atoms with E-state index in [1.54, 1.807) is 0 Å². The van der Waals surface area contributed by atoms with Crippen LogP contribution >= 0.6 is 0 Å². The van der Waals surface area contributed by atoms with Crippen LogP contribution in [0.2, 0.25) is 0 Å². The van der Waals surface area contributed by atoms with Crippen LogP contribution in [0.3, 0.4) is 0 Å². The summed E-state index contributed by atoms with van der Waals surface area (Å²) in [7, 11) is 0. The molecule has 2 aromatic carbocycles. The molecule has 0 aliphatic heterocycles. The van der Waals surface area contributed by atoms with Crippen LogP contribution in [0.5, 0.6) is 0 Å². The lowest BCUT2D eigenvalue weighted by Gasteiger charge is -2.25. The molecule has 0 bridgehead atoms. The van der Waals surface area contributed by atoms with Gasteiger partial charge in [0.05, 0.1) is 0 Å². The summed E-state index contributed by atoms with van der Waals surface area (Å²) in [6, 6.07) is 13.1. The first kappa shape index (κ1) is 12.8. The summed E-state index contributed by atoms with van der Waals surface area (Å²) < 4.78 is 0. The normalized spacial score (nSPS) is 20.2. The van der Waals surface area contributed by atoms with E-state index in [0.717, 1.165) is 25.7 Å². The van der Waals surface area contributed by atoms with E-state index in [4.69, 9.17) is 0 Å². The Morgan fingerprint density at radius 3 is 2.71 bits per heavy atom. The average Bonchev–Trinajstić information content (AvgIpc) is 2.87. The van der Waals surface area contributed by atoms with E-state index in [0.29, 0.717) is 5.78 Å². The molecule has 1 saturated carbocycles. The molecule has 0 N–H and O–H groups in total. The van der Waals surface area contributed by atoms with Gasteiger partial charge in [-0.3, -0.25) is 4.79 Å². The lowest BCUT2D eigenvalue weighted by atomic mass is 9.78. The molecule has 0 aromatic heterocycles. The van der Waals surface area contributed by atoms with E-state index in [1.165, 1.54) is 39.8 Å². The Hall–Kier alpha value is -1.89. The molecule has 1 fully saturated rings. The number of ketones is 1. The Bertz CT molecular complexity index is 727. The summed E-state index contributed by atoms with van der Waals surface area (Å²) in [6.45, 7) is 2.17. The van der Waals surface area contributed by atoms with Crippen molar-refractivity contribution < 1.29 is 4.79 Å². The second kappa shape index (κ2) is 4.84. The number of carbonyl (C=O) groups excluding carboxylic acids is 1. The van der Waals surface area contributed by atoms with Gasteiger partial charge in [-0.2, -0.15) is 0 Å². The van der Waals surface area contributed by atoms with Gasteiger partial charge in [0.25, 0.3) is 0 Å². The van der Waals surface area contributed by atoms with Gasteiger partial charge in [-0.25, -0.2) is 0 Å². The molecular formula is C20H20O. The second-order valence-electron chi connectivity index (χ2n) is 6.42. The van der Waals surface area contributed by atoms with Crippen molar-refractivity contribution in [2.24, 2.45) is 0 Å². The maximum Gasteiger partial charge on any atom is 0.140 e. The zero-order valence-electron chi connectivity index (χ0n) is 12.5. The van der Waals surface area contributed by atoms with Gasteiger partial charge in [0.1, 0.15) is 5.78 Å². The zero-order chi connectivity index (χ0) is 14.4. The van der Waals surface area contributed by atoms with Crippen LogP contribution in [0.4, 0.5) is 0 Å². The molecule has 0 heterocycles. The molecule has 1 heteroatoms. The van der Waals surface area contributed by atoms with Crippen molar-refractivity contribution in [3.63, 3.8) is 0 Å². The van der Waals surface area contributed by atoms with Crippen LogP contribution in [0.15, 0.2) is 36.4 Å². The zero-order valence-corrected chi connectivity index (χ0v) is 12.5. The van der Waals surface area contributed by atoms with Crippen molar-refractivity contribution in [1.82, 2.24) is 0 Å². The molecule has 0 amide bonds. The second-order valence-corrected chi connectivity index (χ2v) is 6.42. The SMILES string of the molecule is Cc1ccc2c(c1C1CCCCC1=O)Cc1ccccc1-2. The van der Waals surface area contributed by atoms with Crippen molar-refractivity contribution in [3.05, 3.63) is 58.7 Å². The third-order valence-electron chi connectivity index (χ3n) is 5.15. The predicted octanol–water partition coefficient (Wildman–Crippen LogP) is 4.79. The van der Waals surface area contributed by atoms with E-state index in [2.05, 4.69) is 43.3 Å². The maximum absolute atomic E-state index is 12.4. The van der Waals surface area contributed by atoms with Gasteiger partial charge in [0.15, 0.2) is 0 Å². The quantitative estimate of drug-likeness (QED) is 0.624. The van der Waals surface area contributed by atoms with Crippen LogP contribution in [0.25, 0.3) is 11.1 Å². The number of aryl methyl sites for hydroxylation is 1. The molecule has 2 aliphatic rings. The minimum absolute atomic E-state index is 0.142. The fourth-order valence-electron chi connectivity index (χ4n) is 4.13. The van der Waals surface area contributed by atoms with Gasteiger partial charge in [-0.15, -0.1) is 0 Å². The van der Waals surface area contributed by atoms with Crippen molar-refractivity contribution in [2.75, 3.05) is 0 Å². The largest absolute Gasteiger partial charge is 0.299 e. The predicted molar refractivity (Wildman–Crippen MR) is 85.6 cm³/mol. The van der Waals surface area contributed by atoms with E-state index in [9.17, 15) is 4.79 Å². The number of benzene rings is 2. The van der Waals surface area contributed by atoms with Crippen LogP contribution in [-0.2, 0) is 11.2 Å². The third-order valence-corrected chi connectivity index (χ3v) is 5.15. The molecule has 4 rings (SSSR count). The Balaban J connectivity index is 1.88. The van der Waals surface area contributed by atoms with E-state index >= 15 is 0 Å². The highest BCUT2D eigenvalue weighted by atomic mass is 16.1. The van der Waals surface area contributed by atoms with Crippen molar-refractivity contribution in [2.45, 2.75) is 44.9 Å². The van der Waals surface area contributed by atoms with Gasteiger partial charge in [-0.05, 0) is 59.6 Å². The molecule has 2 aliphatic carbocycles. The van der Waals surface area contributed by atoms with Crippen LogP contribution in [-0.4, -0.2) is 5.78 Å². The maximum atomic E-state index is 12.4. The monoisotopic (exact) mass is 276 g/mol. The molecule has 2 aromatic rings. The first-order valence-corrected chi connectivity index (χ1v) is 7.99. The lowest BCUT2D eigenvalue weighted by molar-refractivity contribution is -0.121. The summed E-state index contributed by atoms with van der Waals surface area (Å²) in [5.74, 6) is 0.594. The Labute approximate surface area is 126 Å². The molecular weight excluding hydrogens is 256 g/mol. The smallest absolute Gasteiger partial charge is 0.140 e. The highest BCUT2D eigenvalue weighted by Gasteiger charge is 2.30.